The van der Waals surface area contributed by atoms with E-state index in [1.165, 1.54) is 0 Å². The lowest BCUT2D eigenvalue weighted by Crippen LogP contribution is -2.19. The van der Waals surface area contributed by atoms with Crippen molar-refractivity contribution >= 4 is 15.9 Å². The molecule has 1 aromatic rings. The fourth-order valence-electron chi connectivity index (χ4n) is 1.13. The van der Waals surface area contributed by atoms with Crippen LogP contribution in [-0.2, 0) is 6.61 Å². The summed E-state index contributed by atoms with van der Waals surface area (Å²) in [5.74, 6) is 0.744. The van der Waals surface area contributed by atoms with Crippen LogP contribution in [0.2, 0.25) is 0 Å². The van der Waals surface area contributed by atoms with E-state index in [9.17, 15) is 0 Å². The number of aliphatic hydroxyl groups is 1. The van der Waals surface area contributed by atoms with Crippen molar-refractivity contribution in [3.63, 3.8) is 0 Å². The summed E-state index contributed by atoms with van der Waals surface area (Å²) in [6.07, 6.45) is 0. The number of halogens is 1. The van der Waals surface area contributed by atoms with Gasteiger partial charge in [-0.25, -0.2) is 0 Å². The van der Waals surface area contributed by atoms with Gasteiger partial charge in [-0.05, 0) is 26.2 Å². The predicted octanol–water partition coefficient (Wildman–Crippen LogP) is 1.88. The normalized spacial score (nSPS) is 10.7. The van der Waals surface area contributed by atoms with E-state index >= 15 is 0 Å². The molecule has 0 saturated heterocycles. The van der Waals surface area contributed by atoms with Gasteiger partial charge in [0.15, 0.2) is 0 Å². The molecule has 3 nitrogen and oxygen atoms in total. The molecule has 1 N–H and O–H groups in total. The molecule has 0 unspecified atom stereocenters. The Kier molecular flexibility index (Phi) is 5.08. The second-order valence-corrected chi connectivity index (χ2v) is 4.48. The van der Waals surface area contributed by atoms with Gasteiger partial charge in [-0.2, -0.15) is 0 Å². The van der Waals surface area contributed by atoms with Crippen LogP contribution in [0.15, 0.2) is 22.7 Å². The summed E-state index contributed by atoms with van der Waals surface area (Å²) in [5.41, 5.74) is 0.817. The van der Waals surface area contributed by atoms with Crippen LogP contribution in [0.4, 0.5) is 0 Å². The largest absolute Gasteiger partial charge is 0.492 e. The van der Waals surface area contributed by atoms with Crippen LogP contribution in [0, 0.1) is 0 Å². The highest BCUT2D eigenvalue weighted by molar-refractivity contribution is 9.10. The Morgan fingerprint density at radius 1 is 1.40 bits per heavy atom. The lowest BCUT2D eigenvalue weighted by Gasteiger charge is -2.13. The van der Waals surface area contributed by atoms with Gasteiger partial charge in [0.25, 0.3) is 0 Å². The third-order valence-corrected chi connectivity index (χ3v) is 2.49. The van der Waals surface area contributed by atoms with Crippen LogP contribution in [0.25, 0.3) is 0 Å². The molecule has 0 bridgehead atoms. The van der Waals surface area contributed by atoms with E-state index in [0.717, 1.165) is 22.3 Å². The van der Waals surface area contributed by atoms with Crippen molar-refractivity contribution in [3.8, 4) is 5.75 Å². The quantitative estimate of drug-likeness (QED) is 0.890. The molecular weight excluding hydrogens is 258 g/mol. The number of ether oxygens (including phenoxy) is 1. The summed E-state index contributed by atoms with van der Waals surface area (Å²) in [6.45, 7) is 1.48. The molecule has 4 heteroatoms. The molecule has 0 aromatic heterocycles. The van der Waals surface area contributed by atoms with Crippen LogP contribution in [-0.4, -0.2) is 37.3 Å². The second-order valence-electron chi connectivity index (χ2n) is 3.56. The molecule has 1 rings (SSSR count). The minimum absolute atomic E-state index is 0.00454. The number of rotatable bonds is 5. The lowest BCUT2D eigenvalue weighted by atomic mass is 10.2. The number of aliphatic hydroxyl groups excluding tert-OH is 1. The van der Waals surface area contributed by atoms with Crippen LogP contribution in [0.3, 0.4) is 0 Å². The van der Waals surface area contributed by atoms with Crippen LogP contribution in [0.1, 0.15) is 5.56 Å². The molecule has 0 aliphatic heterocycles. The number of likely N-dealkylation sites (N-methyl/N-ethyl adjacent to an activating group) is 1. The smallest absolute Gasteiger partial charge is 0.125 e. The van der Waals surface area contributed by atoms with E-state index in [0.29, 0.717) is 6.61 Å². The van der Waals surface area contributed by atoms with Gasteiger partial charge >= 0.3 is 0 Å². The minimum atomic E-state index is 0.00454. The number of benzene rings is 1. The third kappa shape index (κ3) is 4.20. The predicted molar refractivity (Wildman–Crippen MR) is 64.1 cm³/mol. The van der Waals surface area contributed by atoms with Gasteiger partial charge in [0.05, 0.1) is 6.61 Å². The first-order valence-corrected chi connectivity index (χ1v) is 5.59. The van der Waals surface area contributed by atoms with E-state index in [1.807, 2.05) is 32.3 Å². The van der Waals surface area contributed by atoms with Crippen LogP contribution >= 0.6 is 15.9 Å². The van der Waals surface area contributed by atoms with E-state index < -0.39 is 0 Å². The Hall–Kier alpha value is -0.580. The maximum Gasteiger partial charge on any atom is 0.125 e. The van der Waals surface area contributed by atoms with Crippen molar-refractivity contribution in [1.82, 2.24) is 4.90 Å². The molecule has 0 heterocycles. The first kappa shape index (κ1) is 12.5. The topological polar surface area (TPSA) is 32.7 Å². The summed E-state index contributed by atoms with van der Waals surface area (Å²) in [6, 6.07) is 5.63. The average Bonchev–Trinajstić information content (AvgIpc) is 2.17. The molecule has 0 aliphatic carbocycles. The fourth-order valence-corrected chi connectivity index (χ4v) is 1.47. The van der Waals surface area contributed by atoms with Gasteiger partial charge in [-0.3, -0.25) is 0 Å². The number of hydrogen-bond donors (Lipinski definition) is 1. The van der Waals surface area contributed by atoms with Crippen molar-refractivity contribution in [2.45, 2.75) is 6.61 Å². The summed E-state index contributed by atoms with van der Waals surface area (Å²) >= 11 is 3.37. The molecule has 0 fully saturated rings. The maximum absolute atomic E-state index is 9.11. The average molecular weight is 274 g/mol. The zero-order valence-corrected chi connectivity index (χ0v) is 10.6. The molecule has 84 valence electrons. The van der Waals surface area contributed by atoms with Crippen molar-refractivity contribution in [1.29, 1.82) is 0 Å². The molecule has 15 heavy (non-hydrogen) atoms. The van der Waals surface area contributed by atoms with E-state index in [4.69, 9.17) is 9.84 Å². The highest BCUT2D eigenvalue weighted by atomic mass is 79.9. The van der Waals surface area contributed by atoms with Crippen LogP contribution < -0.4 is 4.74 Å². The van der Waals surface area contributed by atoms with Crippen LogP contribution in [0.5, 0.6) is 5.75 Å². The molecule has 0 spiro atoms. The summed E-state index contributed by atoms with van der Waals surface area (Å²) in [5, 5.41) is 9.11. The molecule has 0 saturated carbocycles. The Labute approximate surface area is 98.8 Å². The van der Waals surface area contributed by atoms with Gasteiger partial charge in [0.2, 0.25) is 0 Å². The second kappa shape index (κ2) is 6.10. The fraction of sp³-hybridized carbons (Fsp3) is 0.455. The molecule has 0 aliphatic rings. The summed E-state index contributed by atoms with van der Waals surface area (Å²) in [4.78, 5) is 2.05. The standard InChI is InChI=1S/C11H16BrNO2/c1-13(2)5-6-15-11-7-10(12)4-3-9(11)8-14/h3-4,7,14H,5-6,8H2,1-2H3. The zero-order valence-electron chi connectivity index (χ0n) is 9.03. The van der Waals surface area contributed by atoms with Crippen molar-refractivity contribution in [2.24, 2.45) is 0 Å². The van der Waals surface area contributed by atoms with Crippen molar-refractivity contribution in [2.75, 3.05) is 27.2 Å². The Morgan fingerprint density at radius 2 is 2.13 bits per heavy atom. The molecule has 0 radical (unpaired) electrons. The lowest BCUT2D eigenvalue weighted by molar-refractivity contribution is 0.243. The van der Waals surface area contributed by atoms with Gasteiger partial charge in [-0.15, -0.1) is 0 Å². The Morgan fingerprint density at radius 3 is 2.73 bits per heavy atom. The SMILES string of the molecule is CN(C)CCOc1cc(Br)ccc1CO. The minimum Gasteiger partial charge on any atom is -0.492 e. The first-order chi connectivity index (χ1) is 7.13. The molecular formula is C11H16BrNO2. The van der Waals surface area contributed by atoms with E-state index in [2.05, 4.69) is 20.8 Å². The Bertz CT molecular complexity index is 315. The van der Waals surface area contributed by atoms with Gasteiger partial charge in [0.1, 0.15) is 12.4 Å². The van der Waals surface area contributed by atoms with Crippen molar-refractivity contribution in [3.05, 3.63) is 28.2 Å². The monoisotopic (exact) mass is 273 g/mol. The number of nitrogens with zero attached hydrogens (tertiary/aromatic N) is 1. The Balaban J connectivity index is 2.62. The number of hydrogen-bond acceptors (Lipinski definition) is 3. The van der Waals surface area contributed by atoms with Gasteiger partial charge in [-0.1, -0.05) is 22.0 Å². The van der Waals surface area contributed by atoms with Crippen molar-refractivity contribution < 1.29 is 9.84 Å². The first-order valence-electron chi connectivity index (χ1n) is 4.80. The van der Waals surface area contributed by atoms with E-state index in [-0.39, 0.29) is 6.61 Å². The van der Waals surface area contributed by atoms with Gasteiger partial charge in [0, 0.05) is 16.6 Å². The maximum atomic E-state index is 9.11. The zero-order chi connectivity index (χ0) is 11.3. The van der Waals surface area contributed by atoms with E-state index in [1.54, 1.807) is 0 Å². The molecule has 0 atom stereocenters. The summed E-state index contributed by atoms with van der Waals surface area (Å²) in [7, 11) is 3.99. The molecule has 0 amide bonds. The highest BCUT2D eigenvalue weighted by Crippen LogP contribution is 2.23. The highest BCUT2D eigenvalue weighted by Gasteiger charge is 2.03. The van der Waals surface area contributed by atoms with Gasteiger partial charge < -0.3 is 14.7 Å². The summed E-state index contributed by atoms with van der Waals surface area (Å²) < 4.78 is 6.55. The molecule has 1 aromatic carbocycles. The third-order valence-electron chi connectivity index (χ3n) is 2.00.